The first-order valence-corrected chi connectivity index (χ1v) is 6.70. The normalized spacial score (nSPS) is 18.7. The predicted octanol–water partition coefficient (Wildman–Crippen LogP) is 2.47. The lowest BCUT2D eigenvalue weighted by atomic mass is 10.1. The first kappa shape index (κ1) is 13.7. The van der Waals surface area contributed by atoms with Crippen LogP contribution in [0.2, 0.25) is 0 Å². The number of hydrogen-bond acceptors (Lipinski definition) is 4. The van der Waals surface area contributed by atoms with Crippen LogP contribution in [0.15, 0.2) is 24.3 Å². The second kappa shape index (κ2) is 5.95. The number of carbonyl (C=O) groups excluding carboxylic acids is 1. The van der Waals surface area contributed by atoms with E-state index in [0.717, 1.165) is 24.4 Å². The number of benzene rings is 1. The monoisotopic (exact) mass is 263 g/mol. The Hall–Kier alpha value is -1.71. The Bertz CT molecular complexity index is 445. The minimum absolute atomic E-state index is 0.0349. The second-order valence-corrected chi connectivity index (χ2v) is 5.09. The Labute approximate surface area is 114 Å². The van der Waals surface area contributed by atoms with E-state index in [0.29, 0.717) is 6.54 Å². The van der Waals surface area contributed by atoms with Gasteiger partial charge < -0.3 is 14.4 Å². The molecule has 0 aliphatic carbocycles. The molecule has 1 aliphatic heterocycles. The summed E-state index contributed by atoms with van der Waals surface area (Å²) >= 11 is 0. The Morgan fingerprint density at radius 3 is 2.79 bits per heavy atom. The van der Waals surface area contributed by atoms with E-state index in [4.69, 9.17) is 9.47 Å². The third-order valence-electron chi connectivity index (χ3n) is 3.30. The van der Waals surface area contributed by atoms with E-state index >= 15 is 0 Å². The number of carbonyl (C=O) groups is 1. The number of ether oxygens (including phenoxy) is 2. The molecule has 0 N–H and O–H groups in total. The third kappa shape index (κ3) is 3.19. The summed E-state index contributed by atoms with van der Waals surface area (Å²) in [6.07, 6.45) is 0.789. The average molecular weight is 263 g/mol. The summed E-state index contributed by atoms with van der Waals surface area (Å²) in [7, 11) is 1.67. The number of anilines is 1. The first-order chi connectivity index (χ1) is 9.11. The van der Waals surface area contributed by atoms with Crippen LogP contribution in [0.25, 0.3) is 0 Å². The van der Waals surface area contributed by atoms with E-state index < -0.39 is 0 Å². The van der Waals surface area contributed by atoms with Gasteiger partial charge in [-0.3, -0.25) is 4.79 Å². The van der Waals surface area contributed by atoms with E-state index in [-0.39, 0.29) is 18.0 Å². The van der Waals surface area contributed by atoms with Gasteiger partial charge in [-0.05, 0) is 32.4 Å². The highest BCUT2D eigenvalue weighted by Gasteiger charge is 2.31. The van der Waals surface area contributed by atoms with Gasteiger partial charge in [-0.15, -0.1) is 0 Å². The van der Waals surface area contributed by atoms with Gasteiger partial charge in [-0.25, -0.2) is 0 Å². The SMILES string of the molecule is COc1ccccc1N1CCC(C(=O)OC(C)C)C1. The van der Waals surface area contributed by atoms with Gasteiger partial charge in [-0.1, -0.05) is 12.1 Å². The highest BCUT2D eigenvalue weighted by atomic mass is 16.5. The summed E-state index contributed by atoms with van der Waals surface area (Å²) in [5, 5.41) is 0. The Morgan fingerprint density at radius 1 is 1.37 bits per heavy atom. The van der Waals surface area contributed by atoms with Crippen LogP contribution in [0.5, 0.6) is 5.75 Å². The van der Waals surface area contributed by atoms with Crippen LogP contribution < -0.4 is 9.64 Å². The molecule has 1 aromatic rings. The Morgan fingerprint density at radius 2 is 2.11 bits per heavy atom. The van der Waals surface area contributed by atoms with Crippen molar-refractivity contribution in [1.29, 1.82) is 0 Å². The van der Waals surface area contributed by atoms with Crippen LogP contribution in [0.3, 0.4) is 0 Å². The van der Waals surface area contributed by atoms with Crippen molar-refractivity contribution in [3.8, 4) is 5.75 Å². The number of esters is 1. The van der Waals surface area contributed by atoms with Crippen LogP contribution in [0.1, 0.15) is 20.3 Å². The molecule has 1 fully saturated rings. The summed E-state index contributed by atoms with van der Waals surface area (Å²) in [6, 6.07) is 7.89. The smallest absolute Gasteiger partial charge is 0.311 e. The van der Waals surface area contributed by atoms with Crippen LogP contribution in [-0.4, -0.2) is 32.3 Å². The van der Waals surface area contributed by atoms with Gasteiger partial charge in [0.1, 0.15) is 5.75 Å². The van der Waals surface area contributed by atoms with Crippen molar-refractivity contribution in [1.82, 2.24) is 0 Å². The van der Waals surface area contributed by atoms with Crippen LogP contribution in [0.4, 0.5) is 5.69 Å². The fraction of sp³-hybridized carbons (Fsp3) is 0.533. The van der Waals surface area contributed by atoms with Crippen molar-refractivity contribution < 1.29 is 14.3 Å². The standard InChI is InChI=1S/C15H21NO3/c1-11(2)19-15(17)12-8-9-16(10-12)13-6-4-5-7-14(13)18-3/h4-7,11-12H,8-10H2,1-3H3. The third-order valence-corrected chi connectivity index (χ3v) is 3.30. The summed E-state index contributed by atoms with van der Waals surface area (Å²) in [4.78, 5) is 14.1. The molecule has 1 aliphatic rings. The van der Waals surface area contributed by atoms with Crippen molar-refractivity contribution in [2.24, 2.45) is 5.92 Å². The lowest BCUT2D eigenvalue weighted by Crippen LogP contribution is -2.25. The minimum atomic E-state index is -0.0904. The summed E-state index contributed by atoms with van der Waals surface area (Å²) in [5.41, 5.74) is 1.05. The zero-order chi connectivity index (χ0) is 13.8. The Kier molecular flexibility index (Phi) is 4.30. The maximum Gasteiger partial charge on any atom is 0.311 e. The highest BCUT2D eigenvalue weighted by molar-refractivity contribution is 5.75. The topological polar surface area (TPSA) is 38.8 Å². The number of methoxy groups -OCH3 is 1. The number of rotatable bonds is 4. The average Bonchev–Trinajstić information content (AvgIpc) is 2.87. The zero-order valence-corrected chi connectivity index (χ0v) is 11.8. The molecule has 0 radical (unpaired) electrons. The predicted molar refractivity (Wildman–Crippen MR) is 74.5 cm³/mol. The maximum atomic E-state index is 11.9. The van der Waals surface area contributed by atoms with Gasteiger partial charge in [-0.2, -0.15) is 0 Å². The molecular weight excluding hydrogens is 242 g/mol. The molecule has 1 unspecified atom stereocenters. The van der Waals surface area contributed by atoms with Crippen LogP contribution in [0, 0.1) is 5.92 Å². The Balaban J connectivity index is 2.04. The van der Waals surface area contributed by atoms with E-state index in [9.17, 15) is 4.79 Å². The number of para-hydroxylation sites is 2. The van der Waals surface area contributed by atoms with Crippen LogP contribution >= 0.6 is 0 Å². The fourth-order valence-corrected chi connectivity index (χ4v) is 2.39. The lowest BCUT2D eigenvalue weighted by Gasteiger charge is -2.21. The van der Waals surface area contributed by atoms with Gasteiger partial charge in [0.05, 0.1) is 24.8 Å². The van der Waals surface area contributed by atoms with Crippen LogP contribution in [-0.2, 0) is 9.53 Å². The van der Waals surface area contributed by atoms with Crippen molar-refractivity contribution in [3.63, 3.8) is 0 Å². The van der Waals surface area contributed by atoms with Gasteiger partial charge in [0, 0.05) is 13.1 Å². The molecule has 0 bridgehead atoms. The van der Waals surface area contributed by atoms with E-state index in [1.165, 1.54) is 0 Å². The maximum absolute atomic E-state index is 11.9. The molecule has 1 atom stereocenters. The van der Waals surface area contributed by atoms with Gasteiger partial charge in [0.2, 0.25) is 0 Å². The molecular formula is C15H21NO3. The lowest BCUT2D eigenvalue weighted by molar-refractivity contribution is -0.151. The van der Waals surface area contributed by atoms with E-state index in [1.807, 2.05) is 38.1 Å². The van der Waals surface area contributed by atoms with Crippen molar-refractivity contribution in [3.05, 3.63) is 24.3 Å². The summed E-state index contributed by atoms with van der Waals surface area (Å²) < 4.78 is 10.6. The van der Waals surface area contributed by atoms with Gasteiger partial charge in [0.25, 0.3) is 0 Å². The summed E-state index contributed by atoms with van der Waals surface area (Å²) in [6.45, 7) is 5.32. The molecule has 1 heterocycles. The zero-order valence-electron chi connectivity index (χ0n) is 11.8. The van der Waals surface area contributed by atoms with E-state index in [1.54, 1.807) is 7.11 Å². The van der Waals surface area contributed by atoms with Crippen molar-refractivity contribution >= 4 is 11.7 Å². The molecule has 0 saturated carbocycles. The molecule has 0 aromatic heterocycles. The molecule has 2 rings (SSSR count). The molecule has 4 heteroatoms. The molecule has 1 aromatic carbocycles. The first-order valence-electron chi connectivity index (χ1n) is 6.70. The molecule has 19 heavy (non-hydrogen) atoms. The van der Waals surface area contributed by atoms with Gasteiger partial charge >= 0.3 is 5.97 Å². The van der Waals surface area contributed by atoms with Crippen molar-refractivity contribution in [2.45, 2.75) is 26.4 Å². The number of nitrogens with zero attached hydrogens (tertiary/aromatic N) is 1. The fourth-order valence-electron chi connectivity index (χ4n) is 2.39. The molecule has 1 saturated heterocycles. The minimum Gasteiger partial charge on any atom is -0.495 e. The second-order valence-electron chi connectivity index (χ2n) is 5.09. The van der Waals surface area contributed by atoms with E-state index in [2.05, 4.69) is 4.90 Å². The largest absolute Gasteiger partial charge is 0.495 e. The molecule has 0 spiro atoms. The van der Waals surface area contributed by atoms with Crippen molar-refractivity contribution in [2.75, 3.05) is 25.1 Å². The molecule has 0 amide bonds. The van der Waals surface area contributed by atoms with Gasteiger partial charge in [0.15, 0.2) is 0 Å². The summed E-state index contributed by atoms with van der Waals surface area (Å²) in [5.74, 6) is 0.722. The quantitative estimate of drug-likeness (QED) is 0.782. The number of hydrogen-bond donors (Lipinski definition) is 0. The molecule has 4 nitrogen and oxygen atoms in total. The molecule has 104 valence electrons. The highest BCUT2D eigenvalue weighted by Crippen LogP contribution is 2.32.